The third-order valence-corrected chi connectivity index (χ3v) is 7.11. The van der Waals surface area contributed by atoms with Crippen molar-refractivity contribution in [2.45, 2.75) is 123 Å². The maximum Gasteiger partial charge on any atom is 0.350 e. The van der Waals surface area contributed by atoms with Crippen LogP contribution in [0.2, 0.25) is 0 Å². The fraction of sp³-hybridized carbons (Fsp3) is 0.821. The first-order chi connectivity index (χ1) is 16.5. The van der Waals surface area contributed by atoms with Gasteiger partial charge in [0.05, 0.1) is 6.10 Å². The molecule has 5 nitrogen and oxygen atoms in total. The molecule has 1 radical (unpaired) electrons. The molecule has 1 aliphatic rings. The van der Waals surface area contributed by atoms with Crippen LogP contribution < -0.4 is 0 Å². The predicted octanol–water partition coefficient (Wildman–Crippen LogP) is 8.12. The Kier molecular flexibility index (Phi) is 19.2. The van der Waals surface area contributed by atoms with Crippen LogP contribution in [0.1, 0.15) is 117 Å². The first-order valence-corrected chi connectivity index (χ1v) is 15.7. The van der Waals surface area contributed by atoms with Crippen molar-refractivity contribution in [3.8, 4) is 0 Å². The highest BCUT2D eigenvalue weighted by Gasteiger charge is 2.27. The van der Waals surface area contributed by atoms with Crippen molar-refractivity contribution in [3.05, 3.63) is 30.2 Å². The second-order valence-corrected chi connectivity index (χ2v) is 11.3. The number of ether oxygens (including phenoxy) is 2. The van der Waals surface area contributed by atoms with E-state index in [1.807, 2.05) is 6.08 Å². The minimum atomic E-state index is -4.10. The van der Waals surface area contributed by atoms with Gasteiger partial charge in [-0.05, 0) is 19.3 Å². The molecule has 2 atom stereocenters. The molecule has 0 aliphatic heterocycles. The van der Waals surface area contributed by atoms with E-state index in [1.54, 1.807) is 0 Å². The van der Waals surface area contributed by atoms with Crippen molar-refractivity contribution in [2.24, 2.45) is 5.92 Å². The molecule has 199 valence electrons. The van der Waals surface area contributed by atoms with Gasteiger partial charge in [0, 0.05) is 25.0 Å². The summed E-state index contributed by atoms with van der Waals surface area (Å²) >= 11 is 0. The maximum absolute atomic E-state index is 10.9. The molecule has 0 aromatic carbocycles. The quantitative estimate of drug-likeness (QED) is 0.110. The van der Waals surface area contributed by atoms with Crippen molar-refractivity contribution in [1.29, 1.82) is 0 Å². The largest absolute Gasteiger partial charge is 0.378 e. The lowest BCUT2D eigenvalue weighted by Crippen LogP contribution is -2.29. The molecule has 6 heteroatoms. The van der Waals surface area contributed by atoms with Gasteiger partial charge in [-0.1, -0.05) is 122 Å². The van der Waals surface area contributed by atoms with Crippen LogP contribution in [0, 0.1) is 11.8 Å². The van der Waals surface area contributed by atoms with Gasteiger partial charge in [-0.2, -0.15) is 0 Å². The van der Waals surface area contributed by atoms with Crippen LogP contribution in [0.3, 0.4) is 0 Å². The van der Waals surface area contributed by atoms with Crippen LogP contribution in [0.25, 0.3) is 0 Å². The summed E-state index contributed by atoms with van der Waals surface area (Å²) < 4.78 is 22.4. The van der Waals surface area contributed by atoms with Gasteiger partial charge in [0.1, 0.15) is 6.35 Å². The normalized spacial score (nSPS) is 17.5. The zero-order valence-corrected chi connectivity index (χ0v) is 22.9. The number of unbranched alkanes of at least 4 members (excludes halogenated alkanes) is 13. The summed E-state index contributed by atoms with van der Waals surface area (Å²) in [7, 11) is -4.10. The fourth-order valence-corrected chi connectivity index (χ4v) is 4.96. The van der Waals surface area contributed by atoms with Gasteiger partial charge >= 0.3 is 7.60 Å². The van der Waals surface area contributed by atoms with Crippen LogP contribution in [0.15, 0.2) is 24.3 Å². The Morgan fingerprint density at radius 2 is 1.38 bits per heavy atom. The summed E-state index contributed by atoms with van der Waals surface area (Å²) in [5.41, 5.74) is 0. The number of hydrogen-bond acceptors (Lipinski definition) is 3. The minimum absolute atomic E-state index is 0.139. The van der Waals surface area contributed by atoms with E-state index in [9.17, 15) is 4.57 Å². The predicted molar refractivity (Wildman–Crippen MR) is 143 cm³/mol. The molecule has 0 fully saturated rings. The second kappa shape index (κ2) is 20.7. The summed E-state index contributed by atoms with van der Waals surface area (Å²) in [6, 6.07) is 0. The molecular weight excluding hydrogens is 447 g/mol. The van der Waals surface area contributed by atoms with Crippen molar-refractivity contribution < 1.29 is 23.8 Å². The van der Waals surface area contributed by atoms with Gasteiger partial charge in [-0.15, -0.1) is 0 Å². The Labute approximate surface area is 209 Å². The van der Waals surface area contributed by atoms with Crippen LogP contribution in [0.5, 0.6) is 0 Å². The average molecular weight is 500 g/mol. The SMILES string of the molecule is CCCCCCCCCCCCCCCCOC(CC)C1C=CC=C[C]1CCOCP(=O)(O)O. The van der Waals surface area contributed by atoms with Gasteiger partial charge in [0.15, 0.2) is 0 Å². The van der Waals surface area contributed by atoms with Crippen molar-refractivity contribution >= 4 is 7.60 Å². The van der Waals surface area contributed by atoms with E-state index in [4.69, 9.17) is 19.3 Å². The second-order valence-electron chi connectivity index (χ2n) is 9.71. The molecule has 0 saturated heterocycles. The molecule has 0 amide bonds. The van der Waals surface area contributed by atoms with E-state index in [0.717, 1.165) is 19.4 Å². The maximum atomic E-state index is 10.9. The number of allylic oxidation sites excluding steroid dienone is 3. The highest BCUT2D eigenvalue weighted by Crippen LogP contribution is 2.35. The molecular formula is C28H52O5P. The molecule has 0 saturated carbocycles. The van der Waals surface area contributed by atoms with E-state index in [2.05, 4.69) is 32.1 Å². The van der Waals surface area contributed by atoms with E-state index in [0.29, 0.717) is 13.0 Å². The Balaban J connectivity index is 2.07. The molecule has 34 heavy (non-hydrogen) atoms. The van der Waals surface area contributed by atoms with Crippen LogP contribution in [0.4, 0.5) is 0 Å². The molecule has 0 heterocycles. The van der Waals surface area contributed by atoms with Gasteiger partial charge < -0.3 is 19.3 Å². The van der Waals surface area contributed by atoms with Crippen molar-refractivity contribution in [2.75, 3.05) is 19.6 Å². The lowest BCUT2D eigenvalue weighted by Gasteiger charge is -2.31. The van der Waals surface area contributed by atoms with Gasteiger partial charge in [-0.3, -0.25) is 4.57 Å². The summed E-state index contributed by atoms with van der Waals surface area (Å²) in [6.07, 6.45) is 28.6. The molecule has 0 aromatic heterocycles. The number of rotatable bonds is 23. The van der Waals surface area contributed by atoms with Gasteiger partial charge in [-0.25, -0.2) is 0 Å². The molecule has 0 aromatic rings. The third kappa shape index (κ3) is 17.1. The summed E-state index contributed by atoms with van der Waals surface area (Å²) in [5.74, 6) is 1.42. The lowest BCUT2D eigenvalue weighted by atomic mass is 9.81. The highest BCUT2D eigenvalue weighted by molar-refractivity contribution is 7.51. The molecule has 0 bridgehead atoms. The Hall–Kier alpha value is -0.450. The van der Waals surface area contributed by atoms with Gasteiger partial charge in [0.2, 0.25) is 0 Å². The van der Waals surface area contributed by atoms with Crippen molar-refractivity contribution in [1.82, 2.24) is 0 Å². The molecule has 2 N–H and O–H groups in total. The summed E-state index contributed by atoms with van der Waals surface area (Å²) in [6.45, 7) is 5.54. The van der Waals surface area contributed by atoms with Gasteiger partial charge in [0.25, 0.3) is 0 Å². The monoisotopic (exact) mass is 499 g/mol. The van der Waals surface area contributed by atoms with Crippen LogP contribution in [-0.4, -0.2) is 35.5 Å². The van der Waals surface area contributed by atoms with E-state index >= 15 is 0 Å². The Morgan fingerprint density at radius 3 is 1.91 bits per heavy atom. The van der Waals surface area contributed by atoms with Crippen LogP contribution >= 0.6 is 7.60 Å². The smallest absolute Gasteiger partial charge is 0.350 e. The third-order valence-electron chi connectivity index (χ3n) is 6.60. The summed E-state index contributed by atoms with van der Waals surface area (Å²) in [5, 5.41) is 0. The lowest BCUT2D eigenvalue weighted by molar-refractivity contribution is 0.0231. The Morgan fingerprint density at radius 1 is 0.824 bits per heavy atom. The van der Waals surface area contributed by atoms with Crippen LogP contribution in [-0.2, 0) is 14.0 Å². The average Bonchev–Trinajstić information content (AvgIpc) is 2.81. The first-order valence-electron chi connectivity index (χ1n) is 13.9. The first kappa shape index (κ1) is 31.6. The number of hydrogen-bond donors (Lipinski definition) is 2. The minimum Gasteiger partial charge on any atom is -0.378 e. The molecule has 2 unspecified atom stereocenters. The topological polar surface area (TPSA) is 76.0 Å². The molecule has 0 spiro atoms. The van der Waals surface area contributed by atoms with E-state index in [1.165, 1.54) is 89.4 Å². The summed E-state index contributed by atoms with van der Waals surface area (Å²) in [4.78, 5) is 17.9. The standard InChI is InChI=1S/C28H52O5P/c1-3-5-6-7-8-9-10-11-12-13-14-15-16-19-23-33-28(4-2)27-21-18-17-20-26(27)22-24-32-25-34(29,30)31/h17-18,20-21,27-28H,3-16,19,22-25H2,1-2H3,(H2,29,30,31). The van der Waals surface area contributed by atoms with Crippen molar-refractivity contribution in [3.63, 3.8) is 0 Å². The van der Waals surface area contributed by atoms with E-state index < -0.39 is 13.9 Å². The fourth-order valence-electron chi connectivity index (χ4n) is 4.59. The Bertz CT molecular complexity index is 571. The molecule has 1 aliphatic carbocycles. The highest BCUT2D eigenvalue weighted by atomic mass is 31.2. The zero-order valence-electron chi connectivity index (χ0n) is 22.0. The van der Waals surface area contributed by atoms with E-state index in [-0.39, 0.29) is 12.0 Å². The molecule has 1 rings (SSSR count). The zero-order chi connectivity index (χ0) is 24.9.